The molecule has 1 aliphatic heterocycles. The van der Waals surface area contributed by atoms with Crippen LogP contribution in [0.2, 0.25) is 0 Å². The van der Waals surface area contributed by atoms with Gasteiger partial charge in [0.05, 0.1) is 11.7 Å². The highest BCUT2D eigenvalue weighted by molar-refractivity contribution is 6.07. The molecule has 0 radical (unpaired) electrons. The first-order valence-corrected chi connectivity index (χ1v) is 8.86. The summed E-state index contributed by atoms with van der Waals surface area (Å²) in [6.07, 6.45) is 6.14. The third-order valence-electron chi connectivity index (χ3n) is 5.02. The zero-order valence-electron chi connectivity index (χ0n) is 14.5. The zero-order chi connectivity index (χ0) is 17.9. The number of pyridine rings is 1. The van der Waals surface area contributed by atoms with Crippen LogP contribution in [0.15, 0.2) is 24.4 Å². The number of aromatic nitrogens is 1. The Labute approximate surface area is 147 Å². The second kappa shape index (κ2) is 7.21. The van der Waals surface area contributed by atoms with Crippen LogP contribution in [0.3, 0.4) is 0 Å². The number of carbonyl (C=O) groups excluding carboxylic acids is 3. The summed E-state index contributed by atoms with van der Waals surface area (Å²) >= 11 is 0. The smallest absolute Gasteiger partial charge is 0.325 e. The third kappa shape index (κ3) is 3.65. The molecule has 0 aromatic carbocycles. The summed E-state index contributed by atoms with van der Waals surface area (Å²) in [5.74, 6) is -0.383. The Hall–Kier alpha value is -2.44. The van der Waals surface area contributed by atoms with E-state index in [9.17, 15) is 14.4 Å². The van der Waals surface area contributed by atoms with Crippen LogP contribution in [0.5, 0.6) is 0 Å². The predicted molar refractivity (Wildman–Crippen MR) is 91.5 cm³/mol. The standard InChI is InChI=1S/C18H24N4O3/c1-13(14-7-3-6-11-19-14)20-15(23)8-12-22-16(24)18(21-17(22)25)9-4-2-5-10-18/h3,6-7,11,13H,2,4-5,8-10,12H2,1H3,(H,20,23)(H,21,25). The highest BCUT2D eigenvalue weighted by atomic mass is 16.2. The molecule has 134 valence electrons. The fraction of sp³-hybridized carbons (Fsp3) is 0.556. The van der Waals surface area contributed by atoms with E-state index >= 15 is 0 Å². The van der Waals surface area contributed by atoms with Gasteiger partial charge < -0.3 is 10.6 Å². The largest absolute Gasteiger partial charge is 0.348 e. The molecule has 7 nitrogen and oxygen atoms in total. The number of nitrogens with one attached hydrogen (secondary N) is 2. The molecule has 1 unspecified atom stereocenters. The fourth-order valence-corrected chi connectivity index (χ4v) is 3.61. The first kappa shape index (κ1) is 17.4. The third-order valence-corrected chi connectivity index (χ3v) is 5.02. The first-order chi connectivity index (χ1) is 12.0. The summed E-state index contributed by atoms with van der Waals surface area (Å²) in [6, 6.07) is 4.92. The van der Waals surface area contributed by atoms with E-state index in [2.05, 4.69) is 15.6 Å². The van der Waals surface area contributed by atoms with Crippen LogP contribution >= 0.6 is 0 Å². The quantitative estimate of drug-likeness (QED) is 0.798. The summed E-state index contributed by atoms with van der Waals surface area (Å²) in [7, 11) is 0. The van der Waals surface area contributed by atoms with Crippen LogP contribution in [-0.2, 0) is 9.59 Å². The van der Waals surface area contributed by atoms with Gasteiger partial charge in [0.25, 0.3) is 5.91 Å². The minimum atomic E-state index is -0.729. The van der Waals surface area contributed by atoms with Gasteiger partial charge in [0.15, 0.2) is 0 Å². The van der Waals surface area contributed by atoms with Gasteiger partial charge in [-0.1, -0.05) is 25.3 Å². The lowest BCUT2D eigenvalue weighted by Gasteiger charge is -2.30. The monoisotopic (exact) mass is 344 g/mol. The number of hydrogen-bond acceptors (Lipinski definition) is 4. The van der Waals surface area contributed by atoms with Crippen LogP contribution in [0, 0.1) is 0 Å². The van der Waals surface area contributed by atoms with E-state index < -0.39 is 5.54 Å². The Kier molecular flexibility index (Phi) is 5.01. The van der Waals surface area contributed by atoms with Crippen molar-refractivity contribution < 1.29 is 14.4 Å². The van der Waals surface area contributed by atoms with Crippen molar-refractivity contribution in [2.45, 2.75) is 57.0 Å². The highest BCUT2D eigenvalue weighted by Crippen LogP contribution is 2.33. The topological polar surface area (TPSA) is 91.4 Å². The first-order valence-electron chi connectivity index (χ1n) is 8.86. The molecule has 2 heterocycles. The van der Waals surface area contributed by atoms with Crippen molar-refractivity contribution in [2.75, 3.05) is 6.54 Å². The zero-order valence-corrected chi connectivity index (χ0v) is 14.5. The average molecular weight is 344 g/mol. The number of amides is 4. The molecule has 1 aromatic rings. The molecule has 3 rings (SSSR count). The summed E-state index contributed by atoms with van der Waals surface area (Å²) in [4.78, 5) is 42.4. The van der Waals surface area contributed by atoms with Crippen molar-refractivity contribution in [2.24, 2.45) is 0 Å². The molecule has 1 atom stereocenters. The van der Waals surface area contributed by atoms with E-state index in [4.69, 9.17) is 0 Å². The molecule has 2 aliphatic rings. The van der Waals surface area contributed by atoms with Crippen molar-refractivity contribution in [1.29, 1.82) is 0 Å². The summed E-state index contributed by atoms with van der Waals surface area (Å²) in [6.45, 7) is 1.96. The molecule has 4 amide bonds. The van der Waals surface area contributed by atoms with Crippen molar-refractivity contribution in [3.8, 4) is 0 Å². The minimum Gasteiger partial charge on any atom is -0.348 e. The SMILES string of the molecule is CC(NC(=O)CCN1C(=O)NC2(CCCCC2)C1=O)c1ccccn1. The van der Waals surface area contributed by atoms with Gasteiger partial charge in [-0.2, -0.15) is 0 Å². The second-order valence-corrected chi connectivity index (χ2v) is 6.82. The lowest BCUT2D eigenvalue weighted by atomic mass is 9.82. The molecular weight excluding hydrogens is 320 g/mol. The number of rotatable bonds is 5. The lowest BCUT2D eigenvalue weighted by molar-refractivity contribution is -0.132. The number of imide groups is 1. The molecule has 25 heavy (non-hydrogen) atoms. The van der Waals surface area contributed by atoms with Gasteiger partial charge in [0.1, 0.15) is 5.54 Å². The maximum absolute atomic E-state index is 12.6. The van der Waals surface area contributed by atoms with Gasteiger partial charge in [-0.25, -0.2) is 4.79 Å². The Morgan fingerprint density at radius 3 is 2.76 bits per heavy atom. The average Bonchev–Trinajstić information content (AvgIpc) is 2.84. The summed E-state index contributed by atoms with van der Waals surface area (Å²) < 4.78 is 0. The maximum atomic E-state index is 12.6. The van der Waals surface area contributed by atoms with Crippen LogP contribution in [-0.4, -0.2) is 39.8 Å². The molecular formula is C18H24N4O3. The van der Waals surface area contributed by atoms with Crippen LogP contribution in [0.4, 0.5) is 4.79 Å². The van der Waals surface area contributed by atoms with Crippen LogP contribution < -0.4 is 10.6 Å². The van der Waals surface area contributed by atoms with Crippen molar-refractivity contribution in [3.05, 3.63) is 30.1 Å². The van der Waals surface area contributed by atoms with Crippen LogP contribution in [0.1, 0.15) is 57.2 Å². The molecule has 7 heteroatoms. The van der Waals surface area contributed by atoms with E-state index in [1.807, 2.05) is 25.1 Å². The molecule has 1 saturated heterocycles. The van der Waals surface area contributed by atoms with Gasteiger partial charge in [-0.15, -0.1) is 0 Å². The van der Waals surface area contributed by atoms with E-state index in [0.29, 0.717) is 12.8 Å². The Morgan fingerprint density at radius 1 is 1.32 bits per heavy atom. The number of urea groups is 1. The van der Waals surface area contributed by atoms with E-state index in [1.54, 1.807) is 6.20 Å². The molecule has 1 aromatic heterocycles. The summed E-state index contributed by atoms with van der Waals surface area (Å²) in [5.41, 5.74) is 0.0413. The van der Waals surface area contributed by atoms with Gasteiger partial charge in [-0.3, -0.25) is 19.5 Å². The molecule has 1 aliphatic carbocycles. The maximum Gasteiger partial charge on any atom is 0.325 e. The number of carbonyl (C=O) groups is 3. The van der Waals surface area contributed by atoms with Gasteiger partial charge in [0, 0.05) is 19.2 Å². The number of nitrogens with zero attached hydrogens (tertiary/aromatic N) is 2. The predicted octanol–water partition coefficient (Wildman–Crippen LogP) is 1.90. The summed E-state index contributed by atoms with van der Waals surface area (Å²) in [5, 5.41) is 5.70. The second-order valence-electron chi connectivity index (χ2n) is 6.82. The highest BCUT2D eigenvalue weighted by Gasteiger charge is 2.51. The van der Waals surface area contributed by atoms with Crippen LogP contribution in [0.25, 0.3) is 0 Å². The Bertz CT molecular complexity index is 656. The normalized spacial score (nSPS) is 20.4. The molecule has 0 bridgehead atoms. The Morgan fingerprint density at radius 2 is 2.08 bits per heavy atom. The van der Waals surface area contributed by atoms with Crippen molar-refractivity contribution >= 4 is 17.8 Å². The molecule has 1 spiro atoms. The molecule has 2 N–H and O–H groups in total. The van der Waals surface area contributed by atoms with E-state index in [0.717, 1.165) is 25.0 Å². The molecule has 1 saturated carbocycles. The van der Waals surface area contributed by atoms with E-state index in [1.165, 1.54) is 4.90 Å². The van der Waals surface area contributed by atoms with Crippen molar-refractivity contribution in [1.82, 2.24) is 20.5 Å². The van der Waals surface area contributed by atoms with Crippen molar-refractivity contribution in [3.63, 3.8) is 0 Å². The van der Waals surface area contributed by atoms with Gasteiger partial charge >= 0.3 is 6.03 Å². The molecule has 2 fully saturated rings. The lowest BCUT2D eigenvalue weighted by Crippen LogP contribution is -2.48. The number of hydrogen-bond donors (Lipinski definition) is 2. The van der Waals surface area contributed by atoms with E-state index in [-0.39, 0.29) is 36.9 Å². The minimum absolute atomic E-state index is 0.0897. The van der Waals surface area contributed by atoms with Gasteiger partial charge in [-0.05, 0) is 31.9 Å². The van der Waals surface area contributed by atoms with Gasteiger partial charge in [0.2, 0.25) is 5.91 Å². The Balaban J connectivity index is 1.53. The fourth-order valence-electron chi connectivity index (χ4n) is 3.61.